The summed E-state index contributed by atoms with van der Waals surface area (Å²) in [5, 5.41) is 13.3. The van der Waals surface area contributed by atoms with Gasteiger partial charge in [-0.3, -0.25) is 9.52 Å². The second kappa shape index (κ2) is 6.77. The molecule has 2 aliphatic heterocycles. The largest absolute Gasteiger partial charge is 0.365 e. The van der Waals surface area contributed by atoms with Gasteiger partial charge in [-0.25, -0.2) is 8.42 Å². The lowest BCUT2D eigenvalue weighted by atomic mass is 10.0. The van der Waals surface area contributed by atoms with Gasteiger partial charge in [0.05, 0.1) is 16.3 Å². The van der Waals surface area contributed by atoms with Crippen LogP contribution in [-0.2, 0) is 27.8 Å². The molecule has 28 heavy (non-hydrogen) atoms. The van der Waals surface area contributed by atoms with Crippen LogP contribution in [0.3, 0.4) is 0 Å². The molecular weight excluding hydrogens is 380 g/mol. The number of carbonyl (C=O) groups is 1. The van der Waals surface area contributed by atoms with Crippen LogP contribution < -0.4 is 19.8 Å². The van der Waals surface area contributed by atoms with E-state index in [1.807, 2.05) is 12.1 Å². The first-order valence-corrected chi connectivity index (χ1v) is 10.4. The van der Waals surface area contributed by atoms with Gasteiger partial charge < -0.3 is 20.2 Å². The molecule has 1 atom stereocenters. The number of aliphatic hydroxyl groups excluding tert-OH is 1. The van der Waals surface area contributed by atoms with Crippen LogP contribution in [0.4, 0.5) is 17.1 Å². The molecule has 9 heteroatoms. The maximum atomic E-state index is 12.9. The number of rotatable bonds is 3. The molecule has 2 heterocycles. The minimum Gasteiger partial charge on any atom is -0.365 e. The van der Waals surface area contributed by atoms with Crippen molar-refractivity contribution in [2.24, 2.45) is 0 Å². The van der Waals surface area contributed by atoms with Gasteiger partial charge in [0, 0.05) is 26.3 Å². The van der Waals surface area contributed by atoms with Gasteiger partial charge in [0.25, 0.3) is 15.9 Å². The van der Waals surface area contributed by atoms with E-state index in [1.54, 1.807) is 26.2 Å². The lowest BCUT2D eigenvalue weighted by Crippen LogP contribution is -2.50. The lowest BCUT2D eigenvalue weighted by Gasteiger charge is -2.36. The molecule has 4 rings (SSSR count). The van der Waals surface area contributed by atoms with Crippen molar-refractivity contribution in [2.45, 2.75) is 24.1 Å². The number of fused-ring (bicyclic) bond motifs is 2. The Hall–Kier alpha value is -2.62. The first-order valence-electron chi connectivity index (χ1n) is 8.96. The minimum atomic E-state index is -3.83. The summed E-state index contributed by atoms with van der Waals surface area (Å²) in [5.41, 5.74) is 3.81. The predicted molar refractivity (Wildman–Crippen MR) is 107 cm³/mol. The summed E-state index contributed by atoms with van der Waals surface area (Å²) in [6.07, 6.45) is -0.426. The van der Waals surface area contributed by atoms with Gasteiger partial charge >= 0.3 is 0 Å². The molecule has 2 aromatic rings. The predicted octanol–water partition coefficient (Wildman–Crippen LogP) is 0.864. The van der Waals surface area contributed by atoms with E-state index in [0.717, 1.165) is 18.5 Å². The van der Waals surface area contributed by atoms with E-state index in [9.17, 15) is 18.3 Å². The van der Waals surface area contributed by atoms with Crippen LogP contribution in [0.15, 0.2) is 41.3 Å². The molecule has 0 spiro atoms. The molecule has 1 unspecified atom stereocenters. The Balaban J connectivity index is 1.66. The van der Waals surface area contributed by atoms with Gasteiger partial charge in [0.15, 0.2) is 0 Å². The Bertz CT molecular complexity index is 1050. The summed E-state index contributed by atoms with van der Waals surface area (Å²) in [6.45, 7) is 1.64. The third kappa shape index (κ3) is 3.11. The fourth-order valence-electron chi connectivity index (χ4n) is 3.58. The number of likely N-dealkylation sites (N-methyl/N-ethyl adjacent to an activating group) is 2. The van der Waals surface area contributed by atoms with Crippen molar-refractivity contribution in [1.29, 1.82) is 0 Å². The van der Waals surface area contributed by atoms with Crippen molar-refractivity contribution in [2.75, 3.05) is 35.2 Å². The average molecular weight is 402 g/mol. The van der Waals surface area contributed by atoms with Crippen molar-refractivity contribution in [3.8, 4) is 0 Å². The molecule has 0 bridgehead atoms. The zero-order chi connectivity index (χ0) is 20.1. The highest BCUT2D eigenvalue weighted by Gasteiger charge is 2.34. The second-order valence-electron chi connectivity index (χ2n) is 7.05. The van der Waals surface area contributed by atoms with E-state index >= 15 is 0 Å². The lowest BCUT2D eigenvalue weighted by molar-refractivity contribution is -0.126. The van der Waals surface area contributed by atoms with Crippen LogP contribution in [0, 0.1) is 0 Å². The van der Waals surface area contributed by atoms with Gasteiger partial charge in [-0.05, 0) is 54.4 Å². The summed E-state index contributed by atoms with van der Waals surface area (Å²) in [7, 11) is -0.731. The summed E-state index contributed by atoms with van der Waals surface area (Å²) in [4.78, 5) is 14.8. The van der Waals surface area contributed by atoms with E-state index in [4.69, 9.17) is 0 Å². The molecule has 0 fully saturated rings. The quantitative estimate of drug-likeness (QED) is 0.704. The number of anilines is 3. The first-order chi connectivity index (χ1) is 13.3. The maximum Gasteiger partial charge on any atom is 0.276 e. The number of aliphatic hydroxyl groups is 1. The maximum absolute atomic E-state index is 12.9. The third-order valence-corrected chi connectivity index (χ3v) is 6.64. The van der Waals surface area contributed by atoms with E-state index in [0.29, 0.717) is 23.6 Å². The first kappa shape index (κ1) is 18.7. The summed E-state index contributed by atoms with van der Waals surface area (Å²) in [5.74, 6) is -0.466. The molecule has 8 nitrogen and oxygen atoms in total. The zero-order valence-electron chi connectivity index (χ0n) is 15.6. The highest BCUT2D eigenvalue weighted by atomic mass is 32.2. The Morgan fingerprint density at radius 3 is 2.68 bits per heavy atom. The SMILES string of the molecule is CN1C(=O)C(O)N(C)c2cc(S(=O)(=O)Nc3ccc4c(c3)CNCC4)ccc21. The third-order valence-electron chi connectivity index (χ3n) is 5.26. The Kier molecular flexibility index (Phi) is 4.53. The van der Waals surface area contributed by atoms with E-state index in [1.165, 1.54) is 27.5 Å². The fourth-order valence-corrected chi connectivity index (χ4v) is 4.65. The van der Waals surface area contributed by atoms with Gasteiger partial charge in [0.1, 0.15) is 0 Å². The average Bonchev–Trinajstić information content (AvgIpc) is 2.69. The molecule has 0 saturated heterocycles. The number of nitrogens with one attached hydrogen (secondary N) is 2. The number of nitrogens with zero attached hydrogens (tertiary/aromatic N) is 2. The summed E-state index contributed by atoms with van der Waals surface area (Å²) in [6, 6.07) is 10.1. The van der Waals surface area contributed by atoms with Crippen LogP contribution in [0.25, 0.3) is 0 Å². The normalized spacial score (nSPS) is 19.2. The Morgan fingerprint density at radius 1 is 1.11 bits per heavy atom. The molecule has 2 aliphatic rings. The van der Waals surface area contributed by atoms with Crippen LogP contribution in [0.1, 0.15) is 11.1 Å². The number of benzene rings is 2. The van der Waals surface area contributed by atoms with Gasteiger partial charge in [-0.1, -0.05) is 6.07 Å². The molecule has 148 valence electrons. The van der Waals surface area contributed by atoms with Crippen LogP contribution in [-0.4, -0.2) is 46.3 Å². The van der Waals surface area contributed by atoms with Crippen molar-refractivity contribution in [3.63, 3.8) is 0 Å². The number of carbonyl (C=O) groups excluding carboxylic acids is 1. The number of sulfonamides is 1. The highest BCUT2D eigenvalue weighted by Crippen LogP contribution is 2.36. The van der Waals surface area contributed by atoms with Crippen molar-refractivity contribution < 1.29 is 18.3 Å². The molecule has 0 aliphatic carbocycles. The standard InChI is InChI=1S/C19H22N4O4S/c1-22-16-6-5-15(10-17(16)23(2)19(25)18(22)24)28(26,27)21-14-4-3-12-7-8-20-11-13(12)9-14/h3-6,9-10,19-21,25H,7-8,11H2,1-2H3. The van der Waals surface area contributed by atoms with Crippen molar-refractivity contribution in [1.82, 2.24) is 5.32 Å². The number of amides is 1. The van der Waals surface area contributed by atoms with Crippen LogP contribution in [0.2, 0.25) is 0 Å². The van der Waals surface area contributed by atoms with Crippen molar-refractivity contribution >= 4 is 33.0 Å². The summed E-state index contributed by atoms with van der Waals surface area (Å²) < 4.78 is 28.4. The number of hydrogen-bond donors (Lipinski definition) is 3. The van der Waals surface area contributed by atoms with Crippen molar-refractivity contribution in [3.05, 3.63) is 47.5 Å². The fraction of sp³-hybridized carbons (Fsp3) is 0.316. The Morgan fingerprint density at radius 2 is 1.89 bits per heavy atom. The van der Waals surface area contributed by atoms with Gasteiger partial charge in [-0.2, -0.15) is 0 Å². The molecule has 0 radical (unpaired) electrons. The molecule has 3 N–H and O–H groups in total. The summed E-state index contributed by atoms with van der Waals surface area (Å²) >= 11 is 0. The van der Waals surface area contributed by atoms with Gasteiger partial charge in [0.2, 0.25) is 6.23 Å². The van der Waals surface area contributed by atoms with E-state index in [2.05, 4.69) is 10.0 Å². The van der Waals surface area contributed by atoms with E-state index < -0.39 is 22.2 Å². The molecular formula is C19H22N4O4S. The van der Waals surface area contributed by atoms with Gasteiger partial charge in [-0.15, -0.1) is 0 Å². The highest BCUT2D eigenvalue weighted by molar-refractivity contribution is 7.92. The van der Waals surface area contributed by atoms with Crippen LogP contribution >= 0.6 is 0 Å². The zero-order valence-corrected chi connectivity index (χ0v) is 16.5. The molecule has 1 amide bonds. The number of hydrogen-bond acceptors (Lipinski definition) is 6. The molecule has 0 aromatic heterocycles. The molecule has 0 saturated carbocycles. The van der Waals surface area contributed by atoms with Crippen LogP contribution in [0.5, 0.6) is 0 Å². The monoisotopic (exact) mass is 402 g/mol. The molecule has 2 aromatic carbocycles. The van der Waals surface area contributed by atoms with E-state index in [-0.39, 0.29) is 4.90 Å². The second-order valence-corrected chi connectivity index (χ2v) is 8.73. The Labute approximate surface area is 163 Å². The smallest absolute Gasteiger partial charge is 0.276 e. The topological polar surface area (TPSA) is 102 Å². The minimum absolute atomic E-state index is 0.0592.